The summed E-state index contributed by atoms with van der Waals surface area (Å²) < 4.78 is 0. The second-order valence-corrected chi connectivity index (χ2v) is 18.3. The fourth-order valence-corrected chi connectivity index (χ4v) is 11.5. The van der Waals surface area contributed by atoms with Gasteiger partial charge in [0.2, 0.25) is 0 Å². The maximum atomic E-state index is 2.56. The lowest BCUT2D eigenvalue weighted by molar-refractivity contribution is 0.768. The number of benzene rings is 12. The summed E-state index contributed by atoms with van der Waals surface area (Å²) in [4.78, 5) is 2.56. The summed E-state index contributed by atoms with van der Waals surface area (Å²) in [5.74, 6) is 0. The maximum absolute atomic E-state index is 2.56. The Morgan fingerprint density at radius 2 is 0.686 bits per heavy atom. The van der Waals surface area contributed by atoms with Crippen LogP contribution in [0, 0.1) is 0 Å². The van der Waals surface area contributed by atoms with E-state index in [0.717, 1.165) is 22.6 Å². The number of fused-ring (bicyclic) bond motifs is 6. The van der Waals surface area contributed by atoms with Crippen molar-refractivity contribution in [3.8, 4) is 55.6 Å². The first-order valence-corrected chi connectivity index (χ1v) is 24.3. The van der Waals surface area contributed by atoms with Crippen molar-refractivity contribution in [3.63, 3.8) is 0 Å². The van der Waals surface area contributed by atoms with Crippen LogP contribution < -0.4 is 4.90 Å². The van der Waals surface area contributed by atoms with Gasteiger partial charge in [0, 0.05) is 22.3 Å². The molecule has 328 valence electrons. The predicted molar refractivity (Wildman–Crippen MR) is 295 cm³/mol. The predicted octanol–water partition coefficient (Wildman–Crippen LogP) is 18.5. The molecule has 0 radical (unpaired) electrons. The fourth-order valence-electron chi connectivity index (χ4n) is 11.5. The van der Waals surface area contributed by atoms with Crippen LogP contribution in [-0.2, 0) is 5.41 Å². The summed E-state index contributed by atoms with van der Waals surface area (Å²) in [5, 5.41) is 4.82. The Morgan fingerprint density at radius 3 is 1.33 bits per heavy atom. The van der Waals surface area contributed by atoms with Crippen molar-refractivity contribution in [1.82, 2.24) is 0 Å². The van der Waals surface area contributed by atoms with Crippen LogP contribution in [0.5, 0.6) is 0 Å². The third kappa shape index (κ3) is 6.70. The SMILES string of the molecule is c1ccc(-c2cccc(-c3c(N(c4ccc(-c5ccccc5)c(-c5ccccc5)c4)c4ccc5c(c4)-c4ccccc4C5(c4ccccc4)c4ccccc4)c4ccccc4c4ccccc34)c2)cc1. The van der Waals surface area contributed by atoms with Crippen molar-refractivity contribution in [1.29, 1.82) is 0 Å². The van der Waals surface area contributed by atoms with Crippen LogP contribution in [0.2, 0.25) is 0 Å². The van der Waals surface area contributed by atoms with Crippen molar-refractivity contribution in [3.05, 3.63) is 307 Å². The van der Waals surface area contributed by atoms with Gasteiger partial charge in [0.1, 0.15) is 0 Å². The van der Waals surface area contributed by atoms with E-state index in [1.807, 2.05) is 0 Å². The minimum atomic E-state index is -0.520. The van der Waals surface area contributed by atoms with Crippen LogP contribution in [0.15, 0.2) is 285 Å². The minimum absolute atomic E-state index is 0.520. The van der Waals surface area contributed by atoms with E-state index < -0.39 is 5.41 Å². The second-order valence-electron chi connectivity index (χ2n) is 18.3. The number of hydrogen-bond acceptors (Lipinski definition) is 1. The van der Waals surface area contributed by atoms with E-state index in [9.17, 15) is 0 Å². The van der Waals surface area contributed by atoms with Gasteiger partial charge in [-0.05, 0) is 119 Å². The zero-order valence-electron chi connectivity index (χ0n) is 38.6. The molecular weight excluding hydrogens is 843 g/mol. The molecule has 1 nitrogen and oxygen atoms in total. The number of hydrogen-bond donors (Lipinski definition) is 0. The molecule has 0 amide bonds. The van der Waals surface area contributed by atoms with Crippen molar-refractivity contribution in [2.75, 3.05) is 4.90 Å². The summed E-state index contributed by atoms with van der Waals surface area (Å²) in [6, 6.07) is 105. The molecule has 0 aromatic heterocycles. The number of rotatable bonds is 9. The highest BCUT2D eigenvalue weighted by Gasteiger charge is 2.46. The maximum Gasteiger partial charge on any atom is 0.0713 e. The van der Waals surface area contributed by atoms with Crippen LogP contribution >= 0.6 is 0 Å². The number of nitrogens with zero attached hydrogens (tertiary/aromatic N) is 1. The first kappa shape index (κ1) is 41.2. The standard InChI is InChI=1S/C69H47N/c1-6-23-48(24-7-1)51-29-22-30-52(45-51)67-61-38-18-16-35-58(61)59-36-17-19-39-62(59)68(67)70(55-41-43-57(49-25-8-2-9-26-49)63(46-55)50-27-10-3-11-28-50)56-42-44-66-64(47-56)60-37-20-21-40-65(60)69(66,53-31-12-4-13-32-53)54-33-14-5-15-34-54/h1-47H. The fraction of sp³-hybridized carbons (Fsp3) is 0.0145. The van der Waals surface area contributed by atoms with Crippen LogP contribution in [0.3, 0.4) is 0 Å². The van der Waals surface area contributed by atoms with E-state index in [0.29, 0.717) is 0 Å². The monoisotopic (exact) mass is 889 g/mol. The number of anilines is 3. The van der Waals surface area contributed by atoms with E-state index in [1.165, 1.54) is 93.9 Å². The van der Waals surface area contributed by atoms with Crippen LogP contribution in [0.4, 0.5) is 17.1 Å². The molecule has 0 unspecified atom stereocenters. The first-order valence-electron chi connectivity index (χ1n) is 24.3. The smallest absolute Gasteiger partial charge is 0.0713 e. The van der Waals surface area contributed by atoms with Gasteiger partial charge < -0.3 is 4.90 Å². The average molecular weight is 890 g/mol. The Morgan fingerprint density at radius 1 is 0.243 bits per heavy atom. The zero-order valence-corrected chi connectivity index (χ0v) is 38.6. The van der Waals surface area contributed by atoms with Gasteiger partial charge in [-0.15, -0.1) is 0 Å². The Bertz CT molecular complexity index is 3820. The average Bonchev–Trinajstić information content (AvgIpc) is 3.75. The van der Waals surface area contributed by atoms with Gasteiger partial charge in [-0.2, -0.15) is 0 Å². The first-order chi connectivity index (χ1) is 34.8. The summed E-state index contributed by atoms with van der Waals surface area (Å²) in [6.45, 7) is 0. The summed E-state index contributed by atoms with van der Waals surface area (Å²) in [5.41, 5.74) is 19.7. The normalized spacial score (nSPS) is 12.4. The lowest BCUT2D eigenvalue weighted by Crippen LogP contribution is -2.28. The Balaban J connectivity index is 1.15. The van der Waals surface area contributed by atoms with Crippen molar-refractivity contribution < 1.29 is 0 Å². The van der Waals surface area contributed by atoms with E-state index >= 15 is 0 Å². The lowest BCUT2D eigenvalue weighted by Gasteiger charge is -2.34. The van der Waals surface area contributed by atoms with E-state index in [1.54, 1.807) is 0 Å². The van der Waals surface area contributed by atoms with Crippen LogP contribution in [0.1, 0.15) is 22.3 Å². The van der Waals surface area contributed by atoms with Gasteiger partial charge in [-0.1, -0.05) is 255 Å². The molecule has 0 aliphatic heterocycles. The molecule has 70 heavy (non-hydrogen) atoms. The molecule has 0 fully saturated rings. The molecule has 0 spiro atoms. The van der Waals surface area contributed by atoms with Crippen LogP contribution in [-0.4, -0.2) is 0 Å². The molecule has 1 aliphatic rings. The molecule has 0 atom stereocenters. The van der Waals surface area contributed by atoms with Gasteiger partial charge in [-0.3, -0.25) is 0 Å². The van der Waals surface area contributed by atoms with Gasteiger partial charge >= 0.3 is 0 Å². The highest BCUT2D eigenvalue weighted by molar-refractivity contribution is 6.22. The van der Waals surface area contributed by atoms with E-state index in [4.69, 9.17) is 0 Å². The highest BCUT2D eigenvalue weighted by atomic mass is 15.1. The lowest BCUT2D eigenvalue weighted by atomic mass is 9.68. The molecule has 1 aliphatic carbocycles. The summed E-state index contributed by atoms with van der Waals surface area (Å²) >= 11 is 0. The molecule has 0 saturated heterocycles. The van der Waals surface area contributed by atoms with Crippen LogP contribution in [0.25, 0.3) is 77.2 Å². The summed E-state index contributed by atoms with van der Waals surface area (Å²) in [7, 11) is 0. The van der Waals surface area contributed by atoms with E-state index in [2.05, 4.69) is 290 Å². The third-order valence-electron chi connectivity index (χ3n) is 14.5. The Kier molecular flexibility index (Phi) is 10.1. The highest BCUT2D eigenvalue weighted by Crippen LogP contribution is 2.58. The van der Waals surface area contributed by atoms with Crippen molar-refractivity contribution in [2.24, 2.45) is 0 Å². The molecule has 0 heterocycles. The van der Waals surface area contributed by atoms with Gasteiger partial charge in [0.05, 0.1) is 11.1 Å². The molecule has 0 saturated carbocycles. The molecule has 0 bridgehead atoms. The summed E-state index contributed by atoms with van der Waals surface area (Å²) in [6.07, 6.45) is 0. The third-order valence-corrected chi connectivity index (χ3v) is 14.5. The van der Waals surface area contributed by atoms with Crippen molar-refractivity contribution >= 4 is 38.6 Å². The van der Waals surface area contributed by atoms with Gasteiger partial charge in [-0.25, -0.2) is 0 Å². The van der Waals surface area contributed by atoms with Gasteiger partial charge in [0.25, 0.3) is 0 Å². The second kappa shape index (κ2) is 17.2. The zero-order chi connectivity index (χ0) is 46.4. The quantitative estimate of drug-likeness (QED) is 0.131. The molecule has 0 N–H and O–H groups in total. The Hall–Kier alpha value is -9.04. The topological polar surface area (TPSA) is 3.24 Å². The molecule has 12 aromatic carbocycles. The molecule has 13 rings (SSSR count). The Labute approximate surface area is 409 Å². The largest absolute Gasteiger partial charge is 0.309 e. The minimum Gasteiger partial charge on any atom is -0.309 e. The molecular formula is C69H47N. The van der Waals surface area contributed by atoms with E-state index in [-0.39, 0.29) is 0 Å². The van der Waals surface area contributed by atoms with Crippen molar-refractivity contribution in [2.45, 2.75) is 5.41 Å². The molecule has 12 aromatic rings. The van der Waals surface area contributed by atoms with Gasteiger partial charge in [0.15, 0.2) is 0 Å². The molecule has 1 heteroatoms.